The second-order valence-corrected chi connectivity index (χ2v) is 9.29. The Hall–Kier alpha value is -3.68. The van der Waals surface area contributed by atoms with E-state index in [2.05, 4.69) is 4.98 Å². The molecule has 0 aliphatic heterocycles. The Balaban J connectivity index is 1.57. The quantitative estimate of drug-likeness (QED) is 0.264. The standard InChI is InChI=1S/C27H21Cl2FN4O2/c1-15-9-10-18(28)13-23(15)34-16(2)12-22(32-34)25-17(3)31-26-24(8-5-11-33(26)27(25)35)36-14-19-20(29)6-4-7-21(19)30/h4-13H,14H2,1-3H3. The molecule has 0 aliphatic carbocycles. The van der Waals surface area contributed by atoms with Gasteiger partial charge in [-0.25, -0.2) is 14.1 Å². The van der Waals surface area contributed by atoms with E-state index in [0.717, 1.165) is 16.9 Å². The van der Waals surface area contributed by atoms with Crippen LogP contribution in [0.4, 0.5) is 4.39 Å². The molecule has 0 spiro atoms. The molecule has 36 heavy (non-hydrogen) atoms. The van der Waals surface area contributed by atoms with Gasteiger partial charge in [0.05, 0.1) is 22.0 Å². The van der Waals surface area contributed by atoms with Crippen LogP contribution in [0.2, 0.25) is 10.0 Å². The Bertz CT molecular complexity index is 1670. The highest BCUT2D eigenvalue weighted by Gasteiger charge is 2.19. The van der Waals surface area contributed by atoms with Crippen molar-refractivity contribution in [2.75, 3.05) is 0 Å². The molecule has 5 aromatic rings. The number of hydrogen-bond donors (Lipinski definition) is 0. The minimum absolute atomic E-state index is 0.107. The number of ether oxygens (including phenoxy) is 1. The van der Waals surface area contributed by atoms with E-state index in [1.54, 1.807) is 36.0 Å². The summed E-state index contributed by atoms with van der Waals surface area (Å²) in [6, 6.07) is 15.2. The number of fused-ring (bicyclic) bond motifs is 1. The lowest BCUT2D eigenvalue weighted by Gasteiger charge is -2.12. The molecule has 3 aromatic heterocycles. The van der Waals surface area contributed by atoms with E-state index in [4.69, 9.17) is 33.0 Å². The second kappa shape index (κ2) is 9.41. The highest BCUT2D eigenvalue weighted by molar-refractivity contribution is 6.31. The first kappa shape index (κ1) is 24.0. The molecule has 6 nitrogen and oxygen atoms in total. The molecule has 0 aliphatic rings. The number of halogens is 3. The minimum Gasteiger partial charge on any atom is -0.485 e. The van der Waals surface area contributed by atoms with Gasteiger partial charge in [0.25, 0.3) is 5.56 Å². The molecule has 9 heteroatoms. The number of aromatic nitrogens is 4. The van der Waals surface area contributed by atoms with Crippen LogP contribution in [0.15, 0.2) is 65.6 Å². The van der Waals surface area contributed by atoms with Crippen LogP contribution in [-0.2, 0) is 6.61 Å². The van der Waals surface area contributed by atoms with Crippen molar-refractivity contribution in [2.24, 2.45) is 0 Å². The first-order chi connectivity index (χ1) is 17.2. The number of pyridine rings is 1. The highest BCUT2D eigenvalue weighted by Crippen LogP contribution is 2.27. The van der Waals surface area contributed by atoms with Gasteiger partial charge in [-0.3, -0.25) is 9.20 Å². The zero-order chi connectivity index (χ0) is 25.6. The molecule has 0 saturated heterocycles. The summed E-state index contributed by atoms with van der Waals surface area (Å²) in [5.74, 6) is -0.132. The van der Waals surface area contributed by atoms with Crippen molar-refractivity contribution in [1.82, 2.24) is 19.2 Å². The van der Waals surface area contributed by atoms with Crippen molar-refractivity contribution < 1.29 is 9.13 Å². The van der Waals surface area contributed by atoms with Gasteiger partial charge in [0.2, 0.25) is 0 Å². The SMILES string of the molecule is Cc1ccc(Cl)cc1-n1nc(-c2c(C)nc3c(OCc4c(F)cccc4Cl)cccn3c2=O)cc1C. The fraction of sp³-hybridized carbons (Fsp3) is 0.148. The normalized spacial score (nSPS) is 11.3. The maximum atomic E-state index is 14.2. The Labute approximate surface area is 216 Å². The number of aryl methyl sites for hydroxylation is 3. The van der Waals surface area contributed by atoms with Gasteiger partial charge in [-0.1, -0.05) is 35.3 Å². The van der Waals surface area contributed by atoms with Crippen molar-refractivity contribution in [3.8, 4) is 22.7 Å². The van der Waals surface area contributed by atoms with Gasteiger partial charge in [0, 0.05) is 22.5 Å². The Kier molecular flexibility index (Phi) is 6.28. The van der Waals surface area contributed by atoms with E-state index in [1.807, 2.05) is 38.1 Å². The van der Waals surface area contributed by atoms with E-state index in [0.29, 0.717) is 33.4 Å². The molecule has 0 saturated carbocycles. The lowest BCUT2D eigenvalue weighted by molar-refractivity contribution is 0.301. The third kappa shape index (κ3) is 4.25. The first-order valence-electron chi connectivity index (χ1n) is 11.2. The molecule has 0 unspecified atom stereocenters. The molecule has 0 N–H and O–H groups in total. The third-order valence-corrected chi connectivity index (χ3v) is 6.57. The maximum Gasteiger partial charge on any atom is 0.267 e. The number of rotatable bonds is 5. The molecule has 3 heterocycles. The minimum atomic E-state index is -0.466. The van der Waals surface area contributed by atoms with Gasteiger partial charge >= 0.3 is 0 Å². The number of nitrogens with zero attached hydrogens (tertiary/aromatic N) is 4. The monoisotopic (exact) mass is 522 g/mol. The van der Waals surface area contributed by atoms with Gasteiger partial charge in [0.15, 0.2) is 11.4 Å². The van der Waals surface area contributed by atoms with Gasteiger partial charge in [-0.2, -0.15) is 5.10 Å². The summed E-state index contributed by atoms with van der Waals surface area (Å²) in [4.78, 5) is 18.2. The molecule has 0 amide bonds. The predicted molar refractivity (Wildman–Crippen MR) is 139 cm³/mol. The van der Waals surface area contributed by atoms with E-state index < -0.39 is 5.82 Å². The van der Waals surface area contributed by atoms with Crippen LogP contribution >= 0.6 is 23.2 Å². The van der Waals surface area contributed by atoms with E-state index >= 15 is 0 Å². The fourth-order valence-electron chi connectivity index (χ4n) is 4.12. The Morgan fingerprint density at radius 3 is 2.61 bits per heavy atom. The van der Waals surface area contributed by atoms with Crippen LogP contribution in [-0.4, -0.2) is 19.2 Å². The zero-order valence-electron chi connectivity index (χ0n) is 19.7. The van der Waals surface area contributed by atoms with Gasteiger partial charge in [-0.15, -0.1) is 0 Å². The Morgan fingerprint density at radius 2 is 1.83 bits per heavy atom. The molecule has 0 bridgehead atoms. The average Bonchev–Trinajstić information content (AvgIpc) is 3.21. The van der Waals surface area contributed by atoms with Crippen LogP contribution in [0, 0.1) is 26.6 Å². The van der Waals surface area contributed by atoms with E-state index in [-0.39, 0.29) is 22.8 Å². The van der Waals surface area contributed by atoms with E-state index in [1.165, 1.54) is 16.5 Å². The summed E-state index contributed by atoms with van der Waals surface area (Å²) in [6.07, 6.45) is 1.61. The topological polar surface area (TPSA) is 61.4 Å². The van der Waals surface area contributed by atoms with Crippen LogP contribution in [0.25, 0.3) is 22.6 Å². The van der Waals surface area contributed by atoms with Crippen LogP contribution in [0.5, 0.6) is 5.75 Å². The molecule has 5 rings (SSSR count). The summed E-state index contributed by atoms with van der Waals surface area (Å²) in [6.45, 7) is 5.53. The summed E-state index contributed by atoms with van der Waals surface area (Å²) in [7, 11) is 0. The predicted octanol–water partition coefficient (Wildman–Crippen LogP) is 6.50. The Morgan fingerprint density at radius 1 is 1.03 bits per heavy atom. The smallest absolute Gasteiger partial charge is 0.267 e. The molecule has 0 atom stereocenters. The van der Waals surface area contributed by atoms with Gasteiger partial charge < -0.3 is 4.74 Å². The summed E-state index contributed by atoms with van der Waals surface area (Å²) in [5, 5.41) is 5.58. The van der Waals surface area contributed by atoms with Crippen molar-refractivity contribution in [3.05, 3.63) is 110 Å². The lowest BCUT2D eigenvalue weighted by Crippen LogP contribution is -2.19. The van der Waals surface area contributed by atoms with Gasteiger partial charge in [-0.05, 0) is 68.8 Å². The van der Waals surface area contributed by atoms with Crippen molar-refractivity contribution >= 4 is 28.8 Å². The first-order valence-corrected chi connectivity index (χ1v) is 11.9. The summed E-state index contributed by atoms with van der Waals surface area (Å²) < 4.78 is 23.2. The van der Waals surface area contributed by atoms with Crippen molar-refractivity contribution in [2.45, 2.75) is 27.4 Å². The zero-order valence-corrected chi connectivity index (χ0v) is 21.2. The van der Waals surface area contributed by atoms with Crippen molar-refractivity contribution in [3.63, 3.8) is 0 Å². The second-order valence-electron chi connectivity index (χ2n) is 8.45. The van der Waals surface area contributed by atoms with E-state index in [9.17, 15) is 9.18 Å². The average molecular weight is 523 g/mol. The molecular weight excluding hydrogens is 502 g/mol. The number of hydrogen-bond acceptors (Lipinski definition) is 4. The lowest BCUT2D eigenvalue weighted by atomic mass is 10.1. The van der Waals surface area contributed by atoms with Gasteiger partial charge in [0.1, 0.15) is 18.1 Å². The number of benzene rings is 2. The van der Waals surface area contributed by atoms with Crippen LogP contribution in [0.3, 0.4) is 0 Å². The third-order valence-electron chi connectivity index (χ3n) is 5.98. The molecule has 0 radical (unpaired) electrons. The van der Waals surface area contributed by atoms with Crippen molar-refractivity contribution in [1.29, 1.82) is 0 Å². The summed E-state index contributed by atoms with van der Waals surface area (Å²) in [5.41, 5.74) is 4.31. The van der Waals surface area contributed by atoms with Crippen LogP contribution in [0.1, 0.15) is 22.5 Å². The molecular formula is C27H21Cl2FN4O2. The maximum absolute atomic E-state index is 14.2. The largest absolute Gasteiger partial charge is 0.485 e. The fourth-order valence-corrected chi connectivity index (χ4v) is 4.51. The molecule has 182 valence electrons. The highest BCUT2D eigenvalue weighted by atomic mass is 35.5. The van der Waals surface area contributed by atoms with Crippen LogP contribution < -0.4 is 10.3 Å². The molecule has 2 aromatic carbocycles. The summed E-state index contributed by atoms with van der Waals surface area (Å²) >= 11 is 12.3. The molecule has 0 fully saturated rings.